The molecule has 3 rings (SSSR count). The number of carbonyl (C=O) groups excluding carboxylic acids is 2. The molecule has 1 N–H and O–H groups in total. The van der Waals surface area contributed by atoms with Crippen molar-refractivity contribution in [2.45, 2.75) is 19.1 Å². The van der Waals surface area contributed by atoms with E-state index in [2.05, 4.69) is 10.1 Å². The molecule has 0 saturated carbocycles. The number of benzene rings is 2. The molecule has 1 atom stereocenters. The summed E-state index contributed by atoms with van der Waals surface area (Å²) in [7, 11) is 1.28. The fourth-order valence-corrected chi connectivity index (χ4v) is 2.80. The minimum Gasteiger partial charge on any atom is -0.489 e. The van der Waals surface area contributed by atoms with Gasteiger partial charge in [-0.05, 0) is 42.0 Å². The van der Waals surface area contributed by atoms with E-state index in [1.54, 1.807) is 41.3 Å². The second kappa shape index (κ2) is 7.86. The molecule has 0 radical (unpaired) electrons. The molecule has 136 valence electrons. The Labute approximate surface area is 150 Å². The van der Waals surface area contributed by atoms with Gasteiger partial charge in [0.2, 0.25) is 5.91 Å². The van der Waals surface area contributed by atoms with Crippen LogP contribution in [0.2, 0.25) is 0 Å². The lowest BCUT2D eigenvalue weighted by molar-refractivity contribution is -0.117. The topological polar surface area (TPSA) is 67.9 Å². The number of carbonyl (C=O) groups is 2. The van der Waals surface area contributed by atoms with Gasteiger partial charge in [0.25, 0.3) is 0 Å². The van der Waals surface area contributed by atoms with E-state index < -0.39 is 6.09 Å². The Bertz CT molecular complexity index is 794. The average molecular weight is 358 g/mol. The maximum absolute atomic E-state index is 13.2. The van der Waals surface area contributed by atoms with E-state index in [9.17, 15) is 14.0 Å². The molecule has 2 aromatic carbocycles. The van der Waals surface area contributed by atoms with Crippen LogP contribution in [0.1, 0.15) is 12.0 Å². The van der Waals surface area contributed by atoms with Crippen molar-refractivity contribution in [3.63, 3.8) is 0 Å². The fourth-order valence-electron chi connectivity index (χ4n) is 2.80. The van der Waals surface area contributed by atoms with Crippen LogP contribution in [0.25, 0.3) is 0 Å². The number of amides is 2. The van der Waals surface area contributed by atoms with Crippen molar-refractivity contribution in [1.29, 1.82) is 0 Å². The molecule has 0 spiro atoms. The Hall–Kier alpha value is -3.09. The van der Waals surface area contributed by atoms with Crippen LogP contribution in [0.5, 0.6) is 5.75 Å². The SMILES string of the molecule is COC(=O)N[C@@H]1CC(=O)N(c2ccc(OCc3cccc(F)c3)cc2)C1. The number of hydrogen-bond acceptors (Lipinski definition) is 4. The van der Waals surface area contributed by atoms with Gasteiger partial charge in [0, 0.05) is 18.7 Å². The highest BCUT2D eigenvalue weighted by Gasteiger charge is 2.31. The molecule has 1 fully saturated rings. The van der Waals surface area contributed by atoms with Crippen LogP contribution >= 0.6 is 0 Å². The number of alkyl carbamates (subject to hydrolysis) is 1. The summed E-state index contributed by atoms with van der Waals surface area (Å²) >= 11 is 0. The normalized spacial score (nSPS) is 16.5. The molecular formula is C19H19FN2O4. The second-order valence-electron chi connectivity index (χ2n) is 5.95. The number of nitrogens with zero attached hydrogens (tertiary/aromatic N) is 1. The van der Waals surface area contributed by atoms with Crippen molar-refractivity contribution in [2.75, 3.05) is 18.6 Å². The predicted octanol–water partition coefficient (Wildman–Crippen LogP) is 2.87. The van der Waals surface area contributed by atoms with Gasteiger partial charge in [0.05, 0.1) is 13.2 Å². The lowest BCUT2D eigenvalue weighted by Gasteiger charge is -2.17. The number of rotatable bonds is 5. The third kappa shape index (κ3) is 4.30. The molecule has 0 unspecified atom stereocenters. The van der Waals surface area contributed by atoms with Gasteiger partial charge >= 0.3 is 6.09 Å². The van der Waals surface area contributed by atoms with Crippen LogP contribution in [0.3, 0.4) is 0 Å². The van der Waals surface area contributed by atoms with E-state index >= 15 is 0 Å². The van der Waals surface area contributed by atoms with Gasteiger partial charge in [-0.3, -0.25) is 4.79 Å². The van der Waals surface area contributed by atoms with Gasteiger partial charge in [0.1, 0.15) is 18.2 Å². The number of halogens is 1. The van der Waals surface area contributed by atoms with Gasteiger partial charge in [0.15, 0.2) is 0 Å². The molecule has 0 aliphatic carbocycles. The first-order valence-electron chi connectivity index (χ1n) is 8.17. The van der Waals surface area contributed by atoms with E-state index in [4.69, 9.17) is 4.74 Å². The summed E-state index contributed by atoms with van der Waals surface area (Å²) < 4.78 is 23.4. The van der Waals surface area contributed by atoms with Crippen LogP contribution in [0, 0.1) is 5.82 Å². The molecule has 0 bridgehead atoms. The number of methoxy groups -OCH3 is 1. The molecule has 6 nitrogen and oxygen atoms in total. The van der Waals surface area contributed by atoms with Gasteiger partial charge in [-0.25, -0.2) is 9.18 Å². The van der Waals surface area contributed by atoms with E-state index in [0.717, 1.165) is 11.3 Å². The molecule has 1 aliphatic rings. The zero-order chi connectivity index (χ0) is 18.5. The molecule has 0 aromatic heterocycles. The lowest BCUT2D eigenvalue weighted by Crippen LogP contribution is -2.37. The molecular weight excluding hydrogens is 339 g/mol. The van der Waals surface area contributed by atoms with Gasteiger partial charge in [-0.2, -0.15) is 0 Å². The zero-order valence-electron chi connectivity index (χ0n) is 14.3. The molecule has 1 aliphatic heterocycles. The molecule has 1 heterocycles. The summed E-state index contributed by atoms with van der Waals surface area (Å²) in [6.45, 7) is 0.641. The minimum atomic E-state index is -0.550. The maximum atomic E-state index is 13.2. The van der Waals surface area contributed by atoms with Crippen molar-refractivity contribution in [3.8, 4) is 5.75 Å². The zero-order valence-corrected chi connectivity index (χ0v) is 14.3. The van der Waals surface area contributed by atoms with E-state index in [-0.39, 0.29) is 30.8 Å². The van der Waals surface area contributed by atoms with Crippen LogP contribution in [0.15, 0.2) is 48.5 Å². The highest BCUT2D eigenvalue weighted by atomic mass is 19.1. The van der Waals surface area contributed by atoms with E-state index in [1.807, 2.05) is 0 Å². The molecule has 7 heteroatoms. The fraction of sp³-hybridized carbons (Fsp3) is 0.263. The largest absolute Gasteiger partial charge is 0.489 e. The predicted molar refractivity (Wildman–Crippen MR) is 93.5 cm³/mol. The van der Waals surface area contributed by atoms with Crippen LogP contribution < -0.4 is 15.0 Å². The molecule has 26 heavy (non-hydrogen) atoms. The summed E-state index contributed by atoms with van der Waals surface area (Å²) in [6.07, 6.45) is -0.321. The maximum Gasteiger partial charge on any atom is 0.407 e. The van der Waals surface area contributed by atoms with Crippen molar-refractivity contribution >= 4 is 17.7 Å². The van der Waals surface area contributed by atoms with E-state index in [0.29, 0.717) is 12.3 Å². The van der Waals surface area contributed by atoms with Gasteiger partial charge in [-0.1, -0.05) is 12.1 Å². The number of hydrogen-bond donors (Lipinski definition) is 1. The first-order chi connectivity index (χ1) is 12.5. The number of anilines is 1. The van der Waals surface area contributed by atoms with Crippen LogP contribution in [0.4, 0.5) is 14.9 Å². The van der Waals surface area contributed by atoms with Crippen LogP contribution in [-0.4, -0.2) is 31.7 Å². The standard InChI is InChI=1S/C19H19FN2O4/c1-25-19(24)21-15-10-18(23)22(11-15)16-5-7-17(8-6-16)26-12-13-3-2-4-14(20)9-13/h2-9,15H,10-12H2,1H3,(H,21,24)/t15-/m1/s1. The highest BCUT2D eigenvalue weighted by Crippen LogP contribution is 2.24. The summed E-state index contributed by atoms with van der Waals surface area (Å²) in [5.74, 6) is 0.248. The summed E-state index contributed by atoms with van der Waals surface area (Å²) in [4.78, 5) is 25.0. The smallest absolute Gasteiger partial charge is 0.407 e. The van der Waals surface area contributed by atoms with E-state index in [1.165, 1.54) is 19.2 Å². The third-order valence-electron chi connectivity index (χ3n) is 4.08. The monoisotopic (exact) mass is 358 g/mol. The highest BCUT2D eigenvalue weighted by molar-refractivity contribution is 5.96. The Kier molecular flexibility index (Phi) is 5.36. The quantitative estimate of drug-likeness (QED) is 0.892. The Morgan fingerprint density at radius 1 is 1.27 bits per heavy atom. The van der Waals surface area contributed by atoms with Crippen LogP contribution in [-0.2, 0) is 16.1 Å². The minimum absolute atomic E-state index is 0.0696. The first kappa shape index (κ1) is 17.7. The number of ether oxygens (including phenoxy) is 2. The molecule has 1 saturated heterocycles. The Morgan fingerprint density at radius 2 is 2.04 bits per heavy atom. The Morgan fingerprint density at radius 3 is 2.73 bits per heavy atom. The molecule has 2 aromatic rings. The molecule has 2 amide bonds. The van der Waals surface area contributed by atoms with Crippen molar-refractivity contribution in [1.82, 2.24) is 5.32 Å². The summed E-state index contributed by atoms with van der Waals surface area (Å²) in [5, 5.41) is 2.63. The van der Waals surface area contributed by atoms with Gasteiger partial charge in [-0.15, -0.1) is 0 Å². The first-order valence-corrected chi connectivity index (χ1v) is 8.17. The number of nitrogens with one attached hydrogen (secondary N) is 1. The van der Waals surface area contributed by atoms with Crippen molar-refractivity contribution in [2.24, 2.45) is 0 Å². The van der Waals surface area contributed by atoms with Crippen molar-refractivity contribution in [3.05, 3.63) is 59.9 Å². The summed E-state index contributed by atoms with van der Waals surface area (Å²) in [6, 6.07) is 13.0. The Balaban J connectivity index is 1.59. The third-order valence-corrected chi connectivity index (χ3v) is 4.08. The van der Waals surface area contributed by atoms with Crippen molar-refractivity contribution < 1.29 is 23.5 Å². The second-order valence-corrected chi connectivity index (χ2v) is 5.95. The average Bonchev–Trinajstić information content (AvgIpc) is 3.00. The lowest BCUT2D eigenvalue weighted by atomic mass is 10.2. The van der Waals surface area contributed by atoms with Gasteiger partial charge < -0.3 is 19.7 Å². The summed E-state index contributed by atoms with van der Waals surface area (Å²) in [5.41, 5.74) is 1.46.